The molecule has 0 aliphatic rings. The molecule has 5 heteroatoms. The van der Waals surface area contributed by atoms with Crippen LogP contribution in [-0.4, -0.2) is 36.3 Å². The van der Waals surface area contributed by atoms with Crippen LogP contribution in [0.4, 0.5) is 0 Å². The lowest BCUT2D eigenvalue weighted by atomic mass is 10.0. The highest BCUT2D eigenvalue weighted by molar-refractivity contribution is 5.79. The second-order valence-electron chi connectivity index (χ2n) is 6.77. The predicted molar refractivity (Wildman–Crippen MR) is 108 cm³/mol. The number of nitrogens with zero attached hydrogens (tertiary/aromatic N) is 1. The molecule has 3 N–H and O–H groups in total. The summed E-state index contributed by atoms with van der Waals surface area (Å²) < 4.78 is 0. The van der Waals surface area contributed by atoms with Gasteiger partial charge in [-0.15, -0.1) is 0 Å². The average Bonchev–Trinajstić information content (AvgIpc) is 2.65. The third-order valence-corrected chi connectivity index (χ3v) is 4.50. The minimum absolute atomic E-state index is 0.00398. The first-order chi connectivity index (χ1) is 13.0. The summed E-state index contributed by atoms with van der Waals surface area (Å²) in [4.78, 5) is 26.3. The van der Waals surface area contributed by atoms with Crippen LogP contribution in [0.5, 0.6) is 0 Å². The molecule has 0 aromatic heterocycles. The Morgan fingerprint density at radius 2 is 1.70 bits per heavy atom. The van der Waals surface area contributed by atoms with Crippen LogP contribution in [0.3, 0.4) is 0 Å². The Kier molecular flexibility index (Phi) is 8.01. The van der Waals surface area contributed by atoms with E-state index < -0.39 is 0 Å². The van der Waals surface area contributed by atoms with Crippen molar-refractivity contribution in [3.8, 4) is 0 Å². The lowest BCUT2D eigenvalue weighted by Gasteiger charge is -2.25. The maximum atomic E-state index is 12.9. The van der Waals surface area contributed by atoms with Gasteiger partial charge in [0.25, 0.3) is 0 Å². The largest absolute Gasteiger partial charge is 0.349 e. The topological polar surface area (TPSA) is 75.4 Å². The molecule has 2 aromatic carbocycles. The van der Waals surface area contributed by atoms with Gasteiger partial charge in [-0.25, -0.2) is 0 Å². The van der Waals surface area contributed by atoms with Gasteiger partial charge >= 0.3 is 0 Å². The Morgan fingerprint density at radius 1 is 1.04 bits per heavy atom. The van der Waals surface area contributed by atoms with Crippen LogP contribution in [0.2, 0.25) is 0 Å². The molecule has 144 valence electrons. The fourth-order valence-corrected chi connectivity index (χ4v) is 3.03. The smallest absolute Gasteiger partial charge is 0.225 e. The van der Waals surface area contributed by atoms with Gasteiger partial charge < -0.3 is 16.0 Å². The highest BCUT2D eigenvalue weighted by Gasteiger charge is 2.21. The fraction of sp³-hybridized carbons (Fsp3) is 0.364. The molecule has 0 spiro atoms. The molecule has 0 bridgehead atoms. The van der Waals surface area contributed by atoms with E-state index in [-0.39, 0.29) is 24.3 Å². The molecule has 0 radical (unpaired) electrons. The van der Waals surface area contributed by atoms with Crippen LogP contribution in [0.1, 0.15) is 36.1 Å². The molecule has 0 saturated carbocycles. The third-order valence-electron chi connectivity index (χ3n) is 4.50. The number of aryl methyl sites for hydroxylation is 1. The summed E-state index contributed by atoms with van der Waals surface area (Å²) in [6, 6.07) is 17.6. The van der Waals surface area contributed by atoms with Crippen molar-refractivity contribution in [1.29, 1.82) is 0 Å². The van der Waals surface area contributed by atoms with E-state index in [1.54, 1.807) is 4.90 Å². The standard InChI is InChI=1S/C22H29N3O2/c1-17-8-10-20(11-9-17)21(24-18(2)26)16-22(27)25(15-13-23)14-12-19-6-4-3-5-7-19/h3-11,21H,12-16,23H2,1-2H3,(H,24,26). The number of rotatable bonds is 9. The molecule has 2 aromatic rings. The Balaban J connectivity index is 2.06. The number of carbonyl (C=O) groups is 2. The van der Waals surface area contributed by atoms with Gasteiger partial charge in [-0.2, -0.15) is 0 Å². The van der Waals surface area contributed by atoms with E-state index in [1.165, 1.54) is 12.5 Å². The molecule has 0 aliphatic carbocycles. The number of nitrogens with two attached hydrogens (primary N) is 1. The van der Waals surface area contributed by atoms with Gasteiger partial charge in [0, 0.05) is 26.6 Å². The molecular weight excluding hydrogens is 338 g/mol. The number of hydrogen-bond acceptors (Lipinski definition) is 3. The van der Waals surface area contributed by atoms with Crippen LogP contribution >= 0.6 is 0 Å². The van der Waals surface area contributed by atoms with Gasteiger partial charge in [0.05, 0.1) is 12.5 Å². The Hall–Kier alpha value is -2.66. The summed E-state index contributed by atoms with van der Waals surface area (Å²) in [6.07, 6.45) is 0.999. The van der Waals surface area contributed by atoms with Crippen LogP contribution in [0.25, 0.3) is 0 Å². The molecular formula is C22H29N3O2. The van der Waals surface area contributed by atoms with Gasteiger partial charge in [-0.05, 0) is 24.5 Å². The number of benzene rings is 2. The molecule has 2 amide bonds. The quantitative estimate of drug-likeness (QED) is 0.715. The molecule has 0 fully saturated rings. The monoisotopic (exact) mass is 367 g/mol. The van der Waals surface area contributed by atoms with Crippen molar-refractivity contribution in [2.24, 2.45) is 5.73 Å². The van der Waals surface area contributed by atoms with Crippen molar-refractivity contribution < 1.29 is 9.59 Å². The predicted octanol–water partition coefficient (Wildman–Crippen LogP) is 2.59. The lowest BCUT2D eigenvalue weighted by Crippen LogP contribution is -2.39. The van der Waals surface area contributed by atoms with E-state index in [1.807, 2.05) is 49.4 Å². The number of carbonyl (C=O) groups excluding carboxylic acids is 2. The summed E-state index contributed by atoms with van der Waals surface area (Å²) in [5.41, 5.74) is 8.97. The van der Waals surface area contributed by atoms with Crippen molar-refractivity contribution in [3.63, 3.8) is 0 Å². The molecule has 1 unspecified atom stereocenters. The van der Waals surface area contributed by atoms with E-state index >= 15 is 0 Å². The first-order valence-electron chi connectivity index (χ1n) is 9.35. The SMILES string of the molecule is CC(=O)NC(CC(=O)N(CCN)CCc1ccccc1)c1ccc(C)cc1. The maximum Gasteiger partial charge on any atom is 0.225 e. The highest BCUT2D eigenvalue weighted by atomic mass is 16.2. The summed E-state index contributed by atoms with van der Waals surface area (Å²) in [5.74, 6) is -0.154. The summed E-state index contributed by atoms with van der Waals surface area (Å²) in [7, 11) is 0. The summed E-state index contributed by atoms with van der Waals surface area (Å²) in [5, 5.41) is 2.90. The summed E-state index contributed by atoms with van der Waals surface area (Å²) >= 11 is 0. The van der Waals surface area contributed by atoms with Crippen LogP contribution in [-0.2, 0) is 16.0 Å². The summed E-state index contributed by atoms with van der Waals surface area (Å²) in [6.45, 7) is 5.01. The van der Waals surface area contributed by atoms with Gasteiger partial charge in [0.1, 0.15) is 0 Å². The van der Waals surface area contributed by atoms with E-state index in [0.29, 0.717) is 19.6 Å². The Morgan fingerprint density at radius 3 is 2.30 bits per heavy atom. The Bertz CT molecular complexity index is 729. The van der Waals surface area contributed by atoms with Crippen molar-refractivity contribution in [2.45, 2.75) is 32.7 Å². The normalized spacial score (nSPS) is 11.7. The van der Waals surface area contributed by atoms with Crippen molar-refractivity contribution in [3.05, 3.63) is 71.3 Å². The van der Waals surface area contributed by atoms with Crippen LogP contribution in [0.15, 0.2) is 54.6 Å². The number of amides is 2. The van der Waals surface area contributed by atoms with Gasteiger partial charge in [0.2, 0.25) is 11.8 Å². The van der Waals surface area contributed by atoms with E-state index in [9.17, 15) is 9.59 Å². The van der Waals surface area contributed by atoms with Crippen molar-refractivity contribution in [1.82, 2.24) is 10.2 Å². The van der Waals surface area contributed by atoms with Crippen molar-refractivity contribution in [2.75, 3.05) is 19.6 Å². The first kappa shape index (κ1) is 20.6. The molecule has 0 heterocycles. The average molecular weight is 367 g/mol. The molecule has 2 rings (SSSR count). The third kappa shape index (κ3) is 6.87. The second-order valence-corrected chi connectivity index (χ2v) is 6.77. The molecule has 5 nitrogen and oxygen atoms in total. The second kappa shape index (κ2) is 10.5. The van der Waals surface area contributed by atoms with E-state index in [2.05, 4.69) is 17.4 Å². The zero-order chi connectivity index (χ0) is 19.6. The number of hydrogen-bond donors (Lipinski definition) is 2. The lowest BCUT2D eigenvalue weighted by molar-refractivity contribution is -0.132. The first-order valence-corrected chi connectivity index (χ1v) is 9.35. The van der Waals surface area contributed by atoms with Crippen LogP contribution in [0, 0.1) is 6.92 Å². The minimum Gasteiger partial charge on any atom is -0.349 e. The maximum absolute atomic E-state index is 12.9. The molecule has 27 heavy (non-hydrogen) atoms. The van der Waals surface area contributed by atoms with Gasteiger partial charge in [0.15, 0.2) is 0 Å². The molecule has 0 saturated heterocycles. The number of nitrogens with one attached hydrogen (secondary N) is 1. The van der Waals surface area contributed by atoms with Crippen molar-refractivity contribution >= 4 is 11.8 Å². The fourth-order valence-electron chi connectivity index (χ4n) is 3.03. The zero-order valence-electron chi connectivity index (χ0n) is 16.2. The van der Waals surface area contributed by atoms with Gasteiger partial charge in [-0.1, -0.05) is 60.2 Å². The van der Waals surface area contributed by atoms with E-state index in [0.717, 1.165) is 17.5 Å². The molecule has 0 aliphatic heterocycles. The Labute approximate surface area is 161 Å². The zero-order valence-corrected chi connectivity index (χ0v) is 16.2. The van der Waals surface area contributed by atoms with Crippen LogP contribution < -0.4 is 11.1 Å². The van der Waals surface area contributed by atoms with Gasteiger partial charge in [-0.3, -0.25) is 9.59 Å². The van der Waals surface area contributed by atoms with E-state index in [4.69, 9.17) is 5.73 Å². The highest BCUT2D eigenvalue weighted by Crippen LogP contribution is 2.19. The minimum atomic E-state index is -0.340. The molecule has 1 atom stereocenters.